The zero-order valence-electron chi connectivity index (χ0n) is 12.9. The van der Waals surface area contributed by atoms with Gasteiger partial charge in [0.1, 0.15) is 11.2 Å². The van der Waals surface area contributed by atoms with Crippen LogP contribution in [0.15, 0.2) is 49.7 Å². The molecule has 0 aliphatic rings. The number of nitrogen functional groups attached to an aromatic ring is 1. The third-order valence-electron chi connectivity index (χ3n) is 3.84. The van der Waals surface area contributed by atoms with Crippen LogP contribution >= 0.6 is 0 Å². The first-order valence-corrected chi connectivity index (χ1v) is 7.00. The van der Waals surface area contributed by atoms with Gasteiger partial charge in [0.15, 0.2) is 0 Å². The fraction of sp³-hybridized carbons (Fsp3) is 0.125. The van der Waals surface area contributed by atoms with E-state index in [0.29, 0.717) is 5.69 Å². The number of para-hydroxylation sites is 1. The lowest BCUT2D eigenvalue weighted by atomic mass is 10.0. The summed E-state index contributed by atoms with van der Waals surface area (Å²) in [5.41, 5.74) is 3.54. The Kier molecular flexibility index (Phi) is 3.44. The van der Waals surface area contributed by atoms with Crippen LogP contribution in [0.2, 0.25) is 0 Å². The van der Waals surface area contributed by atoms with E-state index in [9.17, 15) is 19.5 Å². The van der Waals surface area contributed by atoms with Crippen LogP contribution in [-0.4, -0.2) is 9.13 Å². The summed E-state index contributed by atoms with van der Waals surface area (Å²) in [6.07, 6.45) is 0. The molecule has 0 aliphatic carbocycles. The minimum absolute atomic E-state index is 0.224. The fourth-order valence-electron chi connectivity index (χ4n) is 2.44. The van der Waals surface area contributed by atoms with Crippen LogP contribution in [0.1, 0.15) is 0 Å². The average molecular weight is 325 g/mol. The molecule has 0 saturated heterocycles. The molecule has 0 unspecified atom stereocenters. The summed E-state index contributed by atoms with van der Waals surface area (Å²) in [6.45, 7) is 0. The molecule has 1 aromatic heterocycles. The first-order chi connectivity index (χ1) is 11.3. The third-order valence-corrected chi connectivity index (χ3v) is 3.84. The van der Waals surface area contributed by atoms with E-state index in [1.807, 2.05) is 0 Å². The van der Waals surface area contributed by atoms with Crippen molar-refractivity contribution in [3.63, 3.8) is 0 Å². The number of hydrogen-bond acceptors (Lipinski definition) is 6. The van der Waals surface area contributed by atoms with Gasteiger partial charge in [-0.15, -0.1) is 0 Å². The maximum atomic E-state index is 12.3. The summed E-state index contributed by atoms with van der Waals surface area (Å²) in [6, 6.07) is 8.51. The molecule has 0 amide bonds. The van der Waals surface area contributed by atoms with Gasteiger partial charge < -0.3 is 10.8 Å². The van der Waals surface area contributed by atoms with Crippen LogP contribution in [-0.2, 0) is 14.1 Å². The van der Waals surface area contributed by atoms with Crippen LogP contribution in [0.5, 0.6) is 5.75 Å². The number of hydrogen-bond donors (Lipinski definition) is 1. The van der Waals surface area contributed by atoms with E-state index < -0.39 is 22.4 Å². The van der Waals surface area contributed by atoms with Gasteiger partial charge >= 0.3 is 5.69 Å². The Morgan fingerprint density at radius 1 is 1.00 bits per heavy atom. The molecule has 122 valence electrons. The number of anilines is 1. The molecule has 8 nitrogen and oxygen atoms in total. The SMILES string of the molecule is Cn1c(N)c(-c2c([O-])c(=Nc3ccccc3)c2=O)c(=O)n(C)c1=O. The molecule has 0 spiro atoms. The Bertz CT molecular complexity index is 1150. The minimum atomic E-state index is -0.786. The van der Waals surface area contributed by atoms with E-state index in [1.165, 1.54) is 14.1 Å². The van der Waals surface area contributed by atoms with Crippen molar-refractivity contribution in [3.8, 4) is 16.9 Å². The molecule has 0 atom stereocenters. The summed E-state index contributed by atoms with van der Waals surface area (Å²) in [7, 11) is 2.61. The summed E-state index contributed by atoms with van der Waals surface area (Å²) in [4.78, 5) is 40.4. The normalized spacial score (nSPS) is 12.0. The van der Waals surface area contributed by atoms with Gasteiger partial charge in [-0.05, 0) is 12.1 Å². The molecule has 0 bridgehead atoms. The summed E-state index contributed by atoms with van der Waals surface area (Å²) >= 11 is 0. The van der Waals surface area contributed by atoms with Crippen molar-refractivity contribution in [1.29, 1.82) is 0 Å². The molecule has 0 saturated carbocycles. The summed E-state index contributed by atoms with van der Waals surface area (Å²) < 4.78 is 1.81. The van der Waals surface area contributed by atoms with Crippen molar-refractivity contribution in [3.05, 3.63) is 66.8 Å². The van der Waals surface area contributed by atoms with Crippen molar-refractivity contribution in [2.75, 3.05) is 5.73 Å². The molecule has 0 aliphatic heterocycles. The van der Waals surface area contributed by atoms with Gasteiger partial charge in [-0.1, -0.05) is 23.9 Å². The third kappa shape index (κ3) is 2.08. The average Bonchev–Trinajstić information content (AvgIpc) is 2.60. The molecule has 2 N–H and O–H groups in total. The van der Waals surface area contributed by atoms with Gasteiger partial charge in [0.2, 0.25) is 5.43 Å². The molecule has 2 aromatic carbocycles. The molecular formula is C16H13N4O4-. The van der Waals surface area contributed by atoms with E-state index in [1.54, 1.807) is 30.3 Å². The van der Waals surface area contributed by atoms with E-state index in [4.69, 9.17) is 5.73 Å². The van der Waals surface area contributed by atoms with Crippen LogP contribution < -0.4 is 32.9 Å². The molecule has 8 heteroatoms. The number of nitrogens with zero attached hydrogens (tertiary/aromatic N) is 3. The topological polar surface area (TPSA) is 123 Å². The fourth-order valence-corrected chi connectivity index (χ4v) is 2.44. The molecule has 0 radical (unpaired) electrons. The second-order valence-corrected chi connectivity index (χ2v) is 5.30. The molecule has 3 aromatic rings. The van der Waals surface area contributed by atoms with Crippen molar-refractivity contribution in [2.45, 2.75) is 0 Å². The standard InChI is InChI=1S/C16H14N4O4/c1-19-14(17)10(15(23)20(2)16(19)24)9-12(21)11(13(9)22)18-8-6-4-3-5-7-8/h3-7,21H,17H2,1-2H3/p-1. The van der Waals surface area contributed by atoms with E-state index in [2.05, 4.69) is 4.99 Å². The lowest BCUT2D eigenvalue weighted by Crippen LogP contribution is -2.43. The maximum Gasteiger partial charge on any atom is 0.332 e. The van der Waals surface area contributed by atoms with Gasteiger partial charge in [-0.2, -0.15) is 0 Å². The molecule has 3 rings (SSSR count). The van der Waals surface area contributed by atoms with Gasteiger partial charge in [0.25, 0.3) is 5.56 Å². The zero-order valence-corrected chi connectivity index (χ0v) is 12.9. The molecular weight excluding hydrogens is 312 g/mol. The predicted octanol–water partition coefficient (Wildman–Crippen LogP) is -1.12. The first-order valence-electron chi connectivity index (χ1n) is 7.00. The van der Waals surface area contributed by atoms with Gasteiger partial charge in [-0.25, -0.2) is 9.79 Å². The highest BCUT2D eigenvalue weighted by Gasteiger charge is 2.22. The second kappa shape index (κ2) is 5.34. The molecule has 24 heavy (non-hydrogen) atoms. The van der Waals surface area contributed by atoms with Gasteiger partial charge in [-0.3, -0.25) is 18.7 Å². The van der Waals surface area contributed by atoms with Crippen molar-refractivity contribution in [1.82, 2.24) is 9.13 Å². The quantitative estimate of drug-likeness (QED) is 0.639. The Balaban J connectivity index is 2.28. The van der Waals surface area contributed by atoms with Crippen molar-refractivity contribution >= 4 is 11.5 Å². The van der Waals surface area contributed by atoms with E-state index in [-0.39, 0.29) is 22.3 Å². The van der Waals surface area contributed by atoms with Crippen LogP contribution in [0, 0.1) is 0 Å². The number of aromatic nitrogens is 2. The van der Waals surface area contributed by atoms with E-state index >= 15 is 0 Å². The Hall–Kier alpha value is -3.42. The minimum Gasteiger partial charge on any atom is -0.870 e. The van der Waals surface area contributed by atoms with Gasteiger partial charge in [0, 0.05) is 19.7 Å². The lowest BCUT2D eigenvalue weighted by Gasteiger charge is -2.19. The van der Waals surface area contributed by atoms with Crippen LogP contribution in [0.4, 0.5) is 11.5 Å². The van der Waals surface area contributed by atoms with Crippen molar-refractivity contribution in [2.24, 2.45) is 19.1 Å². The Morgan fingerprint density at radius 3 is 2.21 bits per heavy atom. The Morgan fingerprint density at radius 2 is 1.62 bits per heavy atom. The number of rotatable bonds is 2. The highest BCUT2D eigenvalue weighted by atomic mass is 16.3. The van der Waals surface area contributed by atoms with Gasteiger partial charge in [0.05, 0.1) is 11.3 Å². The zero-order chi connectivity index (χ0) is 17.6. The summed E-state index contributed by atoms with van der Waals surface area (Å²) in [5, 5.41) is 12.1. The molecule has 0 fully saturated rings. The van der Waals surface area contributed by atoms with Crippen LogP contribution in [0.3, 0.4) is 0 Å². The van der Waals surface area contributed by atoms with Crippen molar-refractivity contribution < 1.29 is 5.11 Å². The highest BCUT2D eigenvalue weighted by Crippen LogP contribution is 2.24. The largest absolute Gasteiger partial charge is 0.870 e. The monoisotopic (exact) mass is 325 g/mol. The van der Waals surface area contributed by atoms with Crippen LogP contribution in [0.25, 0.3) is 11.1 Å². The molecule has 1 heterocycles. The smallest absolute Gasteiger partial charge is 0.332 e. The highest BCUT2D eigenvalue weighted by molar-refractivity contribution is 5.79. The lowest BCUT2D eigenvalue weighted by molar-refractivity contribution is -0.270. The Labute approximate surface area is 135 Å². The summed E-state index contributed by atoms with van der Waals surface area (Å²) in [5.74, 6) is -0.884. The maximum absolute atomic E-state index is 12.3. The second-order valence-electron chi connectivity index (χ2n) is 5.30. The number of benzene rings is 1. The number of nitrogens with two attached hydrogens (primary N) is 1. The van der Waals surface area contributed by atoms with E-state index in [0.717, 1.165) is 9.13 Å². The predicted molar refractivity (Wildman–Crippen MR) is 86.5 cm³/mol. The first kappa shape index (κ1) is 15.5.